The first-order valence-corrected chi connectivity index (χ1v) is 9.17. The summed E-state index contributed by atoms with van der Waals surface area (Å²) in [4.78, 5) is 25.6. The molecule has 2 aromatic carbocycles. The number of nitro benzene ring substituents is 1. The van der Waals surface area contributed by atoms with Crippen LogP contribution in [0.2, 0.25) is 0 Å². The maximum Gasteiger partial charge on any atom is 0.282 e. The molecule has 1 saturated heterocycles. The summed E-state index contributed by atoms with van der Waals surface area (Å²) in [5.41, 5.74) is 0.468. The number of carbonyl (C=O) groups excluding carboxylic acids is 1. The number of hydrogen-bond donors (Lipinski definition) is 1. The Morgan fingerprint density at radius 2 is 1.97 bits per heavy atom. The number of amides is 1. The summed E-state index contributed by atoms with van der Waals surface area (Å²) in [5.74, 6) is -0.564. The number of nitrogens with one attached hydrogen (secondary N) is 1. The molecule has 1 aliphatic heterocycles. The molecule has 9 heteroatoms. The number of ether oxygens (including phenoxy) is 2. The van der Waals surface area contributed by atoms with Crippen molar-refractivity contribution in [2.75, 3.05) is 40.0 Å². The van der Waals surface area contributed by atoms with Crippen LogP contribution in [0, 0.1) is 15.9 Å². The average Bonchev–Trinajstić information content (AvgIpc) is 2.75. The first kappa shape index (κ1) is 20.7. The van der Waals surface area contributed by atoms with Gasteiger partial charge in [-0.1, -0.05) is 12.1 Å². The number of benzene rings is 2. The molecule has 2 aromatic rings. The first-order valence-electron chi connectivity index (χ1n) is 9.17. The van der Waals surface area contributed by atoms with E-state index >= 15 is 0 Å². The first-order chi connectivity index (χ1) is 14.0. The standard InChI is InChI=1S/C20H22FN3O5/c1-28-16-6-7-18(24(26)27)17(12-16)20(25)22-13-19(23-8-10-29-11-9-23)14-2-4-15(21)5-3-14/h2-7,12,19H,8-11,13H2,1H3,(H,22,25). The van der Waals surface area contributed by atoms with Gasteiger partial charge in [-0.25, -0.2) is 4.39 Å². The van der Waals surface area contributed by atoms with Crippen molar-refractivity contribution < 1.29 is 23.6 Å². The number of rotatable bonds is 7. The van der Waals surface area contributed by atoms with Crippen LogP contribution in [0.5, 0.6) is 5.75 Å². The van der Waals surface area contributed by atoms with Gasteiger partial charge in [-0.15, -0.1) is 0 Å². The zero-order valence-corrected chi connectivity index (χ0v) is 16.0. The van der Waals surface area contributed by atoms with Gasteiger partial charge in [0, 0.05) is 25.7 Å². The molecule has 1 aliphatic rings. The van der Waals surface area contributed by atoms with Crippen LogP contribution in [0.3, 0.4) is 0 Å². The van der Waals surface area contributed by atoms with Gasteiger partial charge in [-0.3, -0.25) is 19.8 Å². The van der Waals surface area contributed by atoms with Gasteiger partial charge in [0.15, 0.2) is 0 Å². The van der Waals surface area contributed by atoms with Gasteiger partial charge in [0.25, 0.3) is 11.6 Å². The summed E-state index contributed by atoms with van der Waals surface area (Å²) in [6.07, 6.45) is 0. The molecule has 154 valence electrons. The summed E-state index contributed by atoms with van der Waals surface area (Å²) < 4.78 is 23.8. The van der Waals surface area contributed by atoms with Gasteiger partial charge < -0.3 is 14.8 Å². The van der Waals surface area contributed by atoms with Gasteiger partial charge in [0.1, 0.15) is 17.1 Å². The Labute approximate surface area is 167 Å². The van der Waals surface area contributed by atoms with E-state index in [1.165, 1.54) is 37.4 Å². The molecule has 1 N–H and O–H groups in total. The molecule has 3 rings (SSSR count). The number of methoxy groups -OCH3 is 1. The highest BCUT2D eigenvalue weighted by molar-refractivity contribution is 5.98. The third kappa shape index (κ3) is 5.07. The minimum absolute atomic E-state index is 0.0748. The molecule has 1 heterocycles. The maximum atomic E-state index is 13.3. The Morgan fingerprint density at radius 3 is 2.59 bits per heavy atom. The fraction of sp³-hybridized carbons (Fsp3) is 0.350. The van der Waals surface area contributed by atoms with E-state index in [0.717, 1.165) is 5.56 Å². The predicted octanol–water partition coefficient (Wildman–Crippen LogP) is 2.55. The van der Waals surface area contributed by atoms with Crippen LogP contribution in [-0.2, 0) is 4.74 Å². The molecule has 1 unspecified atom stereocenters. The highest BCUT2D eigenvalue weighted by atomic mass is 19.1. The van der Waals surface area contributed by atoms with Gasteiger partial charge >= 0.3 is 0 Å². The van der Waals surface area contributed by atoms with E-state index in [-0.39, 0.29) is 29.7 Å². The normalized spacial score (nSPS) is 15.5. The van der Waals surface area contributed by atoms with Gasteiger partial charge in [0.2, 0.25) is 0 Å². The molecule has 1 fully saturated rings. The van der Waals surface area contributed by atoms with Crippen LogP contribution in [0.1, 0.15) is 22.0 Å². The molecule has 0 saturated carbocycles. The van der Waals surface area contributed by atoms with Crippen LogP contribution in [0.4, 0.5) is 10.1 Å². The topological polar surface area (TPSA) is 93.9 Å². The van der Waals surface area contributed by atoms with Gasteiger partial charge in [-0.2, -0.15) is 0 Å². The molecule has 0 spiro atoms. The van der Waals surface area contributed by atoms with Crippen molar-refractivity contribution in [1.29, 1.82) is 0 Å². The van der Waals surface area contributed by atoms with Crippen molar-refractivity contribution in [3.8, 4) is 5.75 Å². The fourth-order valence-corrected chi connectivity index (χ4v) is 3.30. The largest absolute Gasteiger partial charge is 0.497 e. The number of nitro groups is 1. The minimum atomic E-state index is -0.603. The number of morpholine rings is 1. The lowest BCUT2D eigenvalue weighted by atomic mass is 10.0. The van der Waals surface area contributed by atoms with Crippen molar-refractivity contribution in [2.24, 2.45) is 0 Å². The Balaban J connectivity index is 1.81. The second-order valence-electron chi connectivity index (χ2n) is 6.57. The lowest BCUT2D eigenvalue weighted by Crippen LogP contribution is -2.43. The summed E-state index contributed by atoms with van der Waals surface area (Å²) in [5, 5.41) is 14.1. The second-order valence-corrected chi connectivity index (χ2v) is 6.57. The van der Waals surface area contributed by atoms with E-state index in [4.69, 9.17) is 9.47 Å². The fourth-order valence-electron chi connectivity index (χ4n) is 3.30. The molecular formula is C20H22FN3O5. The van der Waals surface area contributed by atoms with Crippen molar-refractivity contribution >= 4 is 11.6 Å². The van der Waals surface area contributed by atoms with E-state index in [9.17, 15) is 19.3 Å². The van der Waals surface area contributed by atoms with Crippen LogP contribution in [0.15, 0.2) is 42.5 Å². The van der Waals surface area contributed by atoms with Crippen LogP contribution in [-0.4, -0.2) is 55.7 Å². The Bertz CT molecular complexity index is 869. The second kappa shape index (κ2) is 9.44. The number of hydrogen-bond acceptors (Lipinski definition) is 6. The zero-order chi connectivity index (χ0) is 20.8. The number of carbonyl (C=O) groups is 1. The summed E-state index contributed by atoms with van der Waals surface area (Å²) in [6.45, 7) is 2.66. The number of halogens is 1. The van der Waals surface area contributed by atoms with Crippen LogP contribution < -0.4 is 10.1 Å². The molecule has 0 radical (unpaired) electrons. The van der Waals surface area contributed by atoms with Crippen LogP contribution in [0.25, 0.3) is 0 Å². The quantitative estimate of drug-likeness (QED) is 0.564. The van der Waals surface area contributed by atoms with Crippen molar-refractivity contribution in [3.63, 3.8) is 0 Å². The molecule has 0 aliphatic carbocycles. The van der Waals surface area contributed by atoms with Gasteiger partial charge in [0.05, 0.1) is 31.3 Å². The molecule has 0 aromatic heterocycles. The molecular weight excluding hydrogens is 381 g/mol. The maximum absolute atomic E-state index is 13.3. The van der Waals surface area contributed by atoms with E-state index in [1.54, 1.807) is 12.1 Å². The monoisotopic (exact) mass is 403 g/mol. The van der Waals surface area contributed by atoms with Gasteiger partial charge in [-0.05, 0) is 29.8 Å². The zero-order valence-electron chi connectivity index (χ0n) is 16.0. The Kier molecular flexibility index (Phi) is 6.73. The highest BCUT2D eigenvalue weighted by Gasteiger charge is 2.26. The van der Waals surface area contributed by atoms with E-state index in [1.807, 2.05) is 0 Å². The van der Waals surface area contributed by atoms with Crippen molar-refractivity contribution in [2.45, 2.75) is 6.04 Å². The smallest absolute Gasteiger partial charge is 0.282 e. The van der Waals surface area contributed by atoms with Crippen LogP contribution >= 0.6 is 0 Å². The average molecular weight is 403 g/mol. The van der Waals surface area contributed by atoms with E-state index in [0.29, 0.717) is 32.1 Å². The van der Waals surface area contributed by atoms with Crippen molar-refractivity contribution in [1.82, 2.24) is 10.2 Å². The highest BCUT2D eigenvalue weighted by Crippen LogP contribution is 2.25. The summed E-state index contributed by atoms with van der Waals surface area (Å²) >= 11 is 0. The molecule has 0 bridgehead atoms. The molecule has 1 atom stereocenters. The SMILES string of the molecule is COc1ccc([N+](=O)[O-])c(C(=O)NCC(c2ccc(F)cc2)N2CCOCC2)c1. The summed E-state index contributed by atoms with van der Waals surface area (Å²) in [6, 6.07) is 9.90. The number of nitrogens with zero attached hydrogens (tertiary/aromatic N) is 2. The molecule has 8 nitrogen and oxygen atoms in total. The lowest BCUT2D eigenvalue weighted by Gasteiger charge is -2.35. The van der Waals surface area contributed by atoms with E-state index in [2.05, 4.69) is 10.2 Å². The van der Waals surface area contributed by atoms with E-state index < -0.39 is 10.8 Å². The summed E-state index contributed by atoms with van der Waals surface area (Å²) in [7, 11) is 1.42. The Hall–Kier alpha value is -3.04. The third-order valence-electron chi connectivity index (χ3n) is 4.84. The minimum Gasteiger partial charge on any atom is -0.497 e. The third-order valence-corrected chi connectivity index (χ3v) is 4.84. The lowest BCUT2D eigenvalue weighted by molar-refractivity contribution is -0.385. The predicted molar refractivity (Wildman–Crippen MR) is 104 cm³/mol. The molecule has 29 heavy (non-hydrogen) atoms. The van der Waals surface area contributed by atoms with Crippen molar-refractivity contribution in [3.05, 3.63) is 69.5 Å². The molecule has 1 amide bonds. The Morgan fingerprint density at radius 1 is 1.28 bits per heavy atom.